The lowest BCUT2D eigenvalue weighted by Crippen LogP contribution is -1.74. The topological polar surface area (TPSA) is 0 Å². The molecule has 0 aliphatic heterocycles. The average Bonchev–Trinajstić information content (AvgIpc) is 2.97. The summed E-state index contributed by atoms with van der Waals surface area (Å²) in [5.41, 5.74) is 12.1. The zero-order valence-electron chi connectivity index (χ0n) is 25.9. The fourth-order valence-corrected chi connectivity index (χ4v) is 3.24. The quantitative estimate of drug-likeness (QED) is 0.203. The van der Waals surface area contributed by atoms with E-state index >= 15 is 0 Å². The van der Waals surface area contributed by atoms with Crippen molar-refractivity contribution in [1.82, 2.24) is 0 Å². The summed E-state index contributed by atoms with van der Waals surface area (Å²) < 4.78 is 0. The molecule has 0 amide bonds. The van der Waals surface area contributed by atoms with Crippen LogP contribution in [0.25, 0.3) is 6.08 Å². The molecule has 40 heavy (non-hydrogen) atoms. The molecule has 0 aliphatic rings. The van der Waals surface area contributed by atoms with Crippen LogP contribution in [0.2, 0.25) is 0 Å². The molecular formula is C40H48. The molecule has 0 spiro atoms. The Morgan fingerprint density at radius 3 is 0.600 bits per heavy atom. The summed E-state index contributed by atoms with van der Waals surface area (Å²) in [7, 11) is 0. The van der Waals surface area contributed by atoms with Crippen molar-refractivity contribution in [3.05, 3.63) is 184 Å². The first-order chi connectivity index (χ1) is 19.1. The number of aryl methyl sites for hydroxylation is 8. The van der Waals surface area contributed by atoms with E-state index in [1.54, 1.807) is 0 Å². The molecule has 0 saturated carbocycles. The lowest BCUT2D eigenvalue weighted by molar-refractivity contribution is 1.34. The minimum atomic E-state index is 1.17. The predicted octanol–water partition coefficient (Wildman–Crippen LogP) is 11.5. The first-order valence-electron chi connectivity index (χ1n) is 13.9. The average molecular weight is 529 g/mol. The minimum absolute atomic E-state index is 1.17. The van der Waals surface area contributed by atoms with E-state index in [-0.39, 0.29) is 0 Å². The van der Waals surface area contributed by atoms with Gasteiger partial charge in [-0.1, -0.05) is 140 Å². The Balaban J connectivity index is 0.000000250. The second-order valence-corrected chi connectivity index (χ2v) is 9.95. The molecule has 0 fully saturated rings. The Bertz CT molecular complexity index is 1120. The Morgan fingerprint density at radius 1 is 0.300 bits per heavy atom. The summed E-state index contributed by atoms with van der Waals surface area (Å²) in [5, 5.41) is 0. The number of hydrogen-bond acceptors (Lipinski definition) is 0. The molecule has 5 aromatic carbocycles. The Morgan fingerprint density at radius 2 is 0.475 bits per heavy atom. The van der Waals surface area contributed by atoms with E-state index in [9.17, 15) is 0 Å². The molecule has 0 unspecified atom stereocenters. The van der Waals surface area contributed by atoms with Gasteiger partial charge >= 0.3 is 0 Å². The van der Waals surface area contributed by atoms with Crippen LogP contribution in [0.3, 0.4) is 0 Å². The highest BCUT2D eigenvalue weighted by Gasteiger charge is 1.86. The lowest BCUT2D eigenvalue weighted by Gasteiger charge is -1.93. The van der Waals surface area contributed by atoms with Crippen molar-refractivity contribution >= 4 is 6.08 Å². The Hall–Kier alpha value is -4.16. The van der Waals surface area contributed by atoms with E-state index in [1.165, 1.54) is 50.1 Å². The maximum atomic E-state index is 3.63. The molecule has 0 bridgehead atoms. The van der Waals surface area contributed by atoms with Crippen LogP contribution in [0.5, 0.6) is 0 Å². The Kier molecular flexibility index (Phi) is 16.8. The van der Waals surface area contributed by atoms with Gasteiger partial charge in [0.25, 0.3) is 0 Å². The smallest absolute Gasteiger partial charge is 0.0263 e. The van der Waals surface area contributed by atoms with Crippen molar-refractivity contribution in [1.29, 1.82) is 0 Å². The molecule has 0 aliphatic carbocycles. The van der Waals surface area contributed by atoms with Gasteiger partial charge in [0.05, 0.1) is 0 Å². The Labute approximate surface area is 245 Å². The highest BCUT2D eigenvalue weighted by Crippen LogP contribution is 2.05. The van der Waals surface area contributed by atoms with Gasteiger partial charge in [0.15, 0.2) is 0 Å². The normalized spacial score (nSPS) is 9.10. The molecule has 0 N–H and O–H groups in total. The molecular weight excluding hydrogens is 480 g/mol. The van der Waals surface area contributed by atoms with Crippen molar-refractivity contribution in [2.45, 2.75) is 55.4 Å². The third-order valence-corrected chi connectivity index (χ3v) is 6.74. The maximum Gasteiger partial charge on any atom is -0.0263 e. The van der Waals surface area contributed by atoms with Gasteiger partial charge in [-0.15, -0.1) is 0 Å². The van der Waals surface area contributed by atoms with E-state index in [0.717, 1.165) is 0 Å². The monoisotopic (exact) mass is 528 g/mol. The van der Waals surface area contributed by atoms with Crippen molar-refractivity contribution < 1.29 is 0 Å². The van der Waals surface area contributed by atoms with E-state index in [2.05, 4.69) is 159 Å². The molecule has 0 saturated heterocycles. The van der Waals surface area contributed by atoms with Crippen LogP contribution >= 0.6 is 0 Å². The van der Waals surface area contributed by atoms with E-state index in [4.69, 9.17) is 0 Å². The zero-order chi connectivity index (χ0) is 29.8. The molecule has 5 rings (SSSR count). The molecule has 0 atom stereocenters. The van der Waals surface area contributed by atoms with Gasteiger partial charge in [-0.25, -0.2) is 0 Å². The van der Waals surface area contributed by atoms with E-state index < -0.39 is 0 Å². The second-order valence-electron chi connectivity index (χ2n) is 9.95. The van der Waals surface area contributed by atoms with Gasteiger partial charge in [0.2, 0.25) is 0 Å². The first-order valence-corrected chi connectivity index (χ1v) is 13.9. The summed E-state index contributed by atoms with van der Waals surface area (Å²) in [6.45, 7) is 20.6. The van der Waals surface area contributed by atoms with Crippen LogP contribution in [0.1, 0.15) is 50.1 Å². The fraction of sp³-hybridized carbons (Fsp3) is 0.200. The fourth-order valence-electron chi connectivity index (χ4n) is 3.24. The SMILES string of the molecule is C=Cc1ccccc1.Cc1ccccc1C.Cc1ccccc1C.Cc1ccccc1C.Cc1ccccc1C. The molecule has 5 aromatic rings. The summed E-state index contributed by atoms with van der Waals surface area (Å²) in [6, 6.07) is 43.5. The maximum absolute atomic E-state index is 3.63. The predicted molar refractivity (Wildman–Crippen MR) is 180 cm³/mol. The zero-order valence-corrected chi connectivity index (χ0v) is 25.9. The number of benzene rings is 5. The van der Waals surface area contributed by atoms with Crippen LogP contribution in [0.4, 0.5) is 0 Å². The van der Waals surface area contributed by atoms with Crippen LogP contribution in [-0.4, -0.2) is 0 Å². The standard InChI is InChI=1S/4C8H10.C8H8/c4*1-7-5-3-4-6-8(7)2;1-2-8-6-4-3-5-7-8/h4*3-6H,1-2H3;2-7H,1H2. The second kappa shape index (κ2) is 19.8. The van der Waals surface area contributed by atoms with Crippen LogP contribution in [-0.2, 0) is 0 Å². The molecule has 0 radical (unpaired) electrons. The first kappa shape index (κ1) is 33.9. The van der Waals surface area contributed by atoms with Crippen LogP contribution in [0, 0.1) is 55.4 Å². The highest BCUT2D eigenvalue weighted by molar-refractivity contribution is 5.45. The molecule has 0 aromatic heterocycles. The number of hydrogen-bond donors (Lipinski definition) is 0. The highest BCUT2D eigenvalue weighted by atomic mass is 13.9. The van der Waals surface area contributed by atoms with Gasteiger partial charge < -0.3 is 0 Å². The summed E-state index contributed by atoms with van der Waals surface area (Å²) in [4.78, 5) is 0. The largest absolute Gasteiger partial charge is 0.0985 e. The van der Waals surface area contributed by atoms with Crippen molar-refractivity contribution in [3.63, 3.8) is 0 Å². The summed E-state index contributed by atoms with van der Waals surface area (Å²) in [5.74, 6) is 0. The molecule has 0 heteroatoms. The minimum Gasteiger partial charge on any atom is -0.0985 e. The number of rotatable bonds is 1. The lowest BCUT2D eigenvalue weighted by atomic mass is 10.1. The third kappa shape index (κ3) is 14.7. The molecule has 0 nitrogen and oxygen atoms in total. The van der Waals surface area contributed by atoms with Gasteiger partial charge in [-0.2, -0.15) is 0 Å². The van der Waals surface area contributed by atoms with Gasteiger partial charge in [-0.05, 0) is 105 Å². The van der Waals surface area contributed by atoms with Gasteiger partial charge in [0.1, 0.15) is 0 Å². The van der Waals surface area contributed by atoms with Gasteiger partial charge in [0, 0.05) is 0 Å². The summed E-state index contributed by atoms with van der Waals surface area (Å²) >= 11 is 0. The van der Waals surface area contributed by atoms with Crippen molar-refractivity contribution in [2.24, 2.45) is 0 Å². The van der Waals surface area contributed by atoms with Crippen molar-refractivity contribution in [2.75, 3.05) is 0 Å². The molecule has 0 heterocycles. The van der Waals surface area contributed by atoms with Crippen LogP contribution in [0.15, 0.2) is 134 Å². The van der Waals surface area contributed by atoms with Crippen molar-refractivity contribution in [3.8, 4) is 0 Å². The third-order valence-electron chi connectivity index (χ3n) is 6.74. The molecule has 208 valence electrons. The summed E-state index contributed by atoms with van der Waals surface area (Å²) in [6.07, 6.45) is 1.83. The van der Waals surface area contributed by atoms with Crippen LogP contribution < -0.4 is 0 Å². The van der Waals surface area contributed by atoms with Gasteiger partial charge in [-0.3, -0.25) is 0 Å². The van der Waals surface area contributed by atoms with E-state index in [1.807, 2.05) is 36.4 Å². The van der Waals surface area contributed by atoms with E-state index in [0.29, 0.717) is 0 Å².